The van der Waals surface area contributed by atoms with Gasteiger partial charge in [-0.05, 0) is 44.4 Å². The number of para-hydroxylation sites is 1. The molecule has 0 radical (unpaired) electrons. The summed E-state index contributed by atoms with van der Waals surface area (Å²) in [5.74, 6) is 1.34. The first-order chi connectivity index (χ1) is 9.10. The van der Waals surface area contributed by atoms with Gasteiger partial charge in [0.1, 0.15) is 5.69 Å². The number of hydrogen-bond donors (Lipinski definition) is 1. The molecular formula is C13H20N2O3S. The van der Waals surface area contributed by atoms with Gasteiger partial charge in [0, 0.05) is 6.04 Å². The molecule has 1 rings (SSSR count). The highest BCUT2D eigenvalue weighted by molar-refractivity contribution is 7.98. The fourth-order valence-corrected chi connectivity index (χ4v) is 2.32. The lowest BCUT2D eigenvalue weighted by Crippen LogP contribution is -2.17. The summed E-state index contributed by atoms with van der Waals surface area (Å²) >= 11 is 1.76. The molecule has 0 saturated carbocycles. The summed E-state index contributed by atoms with van der Waals surface area (Å²) in [6.45, 7) is 4.24. The molecule has 0 amide bonds. The number of nitro groups is 1. The molecule has 1 aromatic rings. The molecule has 6 heteroatoms. The van der Waals surface area contributed by atoms with Crippen molar-refractivity contribution in [2.75, 3.05) is 23.9 Å². The predicted octanol–water partition coefficient (Wildman–Crippen LogP) is 3.55. The lowest BCUT2D eigenvalue weighted by Gasteiger charge is -2.15. The molecule has 1 N–H and O–H groups in total. The number of rotatable bonds is 8. The summed E-state index contributed by atoms with van der Waals surface area (Å²) in [6.07, 6.45) is 3.00. The molecule has 0 aliphatic rings. The fraction of sp³-hybridized carbons (Fsp3) is 0.538. The largest absolute Gasteiger partial charge is 0.487 e. The van der Waals surface area contributed by atoms with Gasteiger partial charge in [0.2, 0.25) is 0 Å². The van der Waals surface area contributed by atoms with Gasteiger partial charge in [0.25, 0.3) is 0 Å². The molecule has 106 valence electrons. The van der Waals surface area contributed by atoms with Crippen LogP contribution >= 0.6 is 11.8 Å². The second-order valence-corrected chi connectivity index (χ2v) is 5.15. The van der Waals surface area contributed by atoms with Gasteiger partial charge in [-0.3, -0.25) is 10.1 Å². The molecule has 19 heavy (non-hydrogen) atoms. The third-order valence-corrected chi connectivity index (χ3v) is 3.28. The first kappa shape index (κ1) is 15.6. The zero-order valence-electron chi connectivity index (χ0n) is 11.5. The van der Waals surface area contributed by atoms with E-state index in [1.807, 2.05) is 20.1 Å². The van der Waals surface area contributed by atoms with Crippen LogP contribution in [0.25, 0.3) is 0 Å². The molecule has 0 aliphatic heterocycles. The van der Waals surface area contributed by atoms with Crippen LogP contribution in [0.4, 0.5) is 11.4 Å². The number of nitro benzene ring substituents is 1. The maximum atomic E-state index is 11.2. The molecule has 0 saturated heterocycles. The summed E-state index contributed by atoms with van der Waals surface area (Å²) < 4.78 is 5.32. The van der Waals surface area contributed by atoms with Gasteiger partial charge in [-0.25, -0.2) is 0 Å². The average Bonchev–Trinajstić information content (AvgIpc) is 2.36. The van der Waals surface area contributed by atoms with Crippen LogP contribution in [0.5, 0.6) is 5.75 Å². The van der Waals surface area contributed by atoms with Gasteiger partial charge in [-0.1, -0.05) is 6.07 Å². The van der Waals surface area contributed by atoms with E-state index in [0.29, 0.717) is 18.0 Å². The van der Waals surface area contributed by atoms with Crippen LogP contribution < -0.4 is 10.1 Å². The summed E-state index contributed by atoms with van der Waals surface area (Å²) in [5, 5.41) is 14.4. The third kappa shape index (κ3) is 4.63. The van der Waals surface area contributed by atoms with Crippen LogP contribution in [0.2, 0.25) is 0 Å². The Bertz CT molecular complexity index is 426. The summed E-state index contributed by atoms with van der Waals surface area (Å²) in [4.78, 5) is 10.8. The van der Waals surface area contributed by atoms with E-state index < -0.39 is 4.92 Å². The third-order valence-electron chi connectivity index (χ3n) is 2.64. The van der Waals surface area contributed by atoms with E-state index in [1.54, 1.807) is 30.0 Å². The van der Waals surface area contributed by atoms with Crippen molar-refractivity contribution in [3.05, 3.63) is 28.3 Å². The second kappa shape index (κ2) is 7.89. The number of hydrogen-bond acceptors (Lipinski definition) is 5. The van der Waals surface area contributed by atoms with E-state index in [-0.39, 0.29) is 11.7 Å². The van der Waals surface area contributed by atoms with Gasteiger partial charge in [0.05, 0.1) is 11.5 Å². The molecule has 0 spiro atoms. The minimum absolute atomic E-state index is 0.0142. The number of benzene rings is 1. The number of ether oxygens (including phenoxy) is 1. The Balaban J connectivity index is 2.93. The Hall–Kier alpha value is -1.43. The topological polar surface area (TPSA) is 64.4 Å². The molecule has 1 atom stereocenters. The van der Waals surface area contributed by atoms with Crippen molar-refractivity contribution in [2.45, 2.75) is 26.3 Å². The zero-order chi connectivity index (χ0) is 14.3. The smallest absolute Gasteiger partial charge is 0.333 e. The van der Waals surface area contributed by atoms with Crippen molar-refractivity contribution < 1.29 is 9.66 Å². The SMILES string of the molecule is CCOc1cccc(NC(C)CCSC)c1[N+](=O)[O-]. The van der Waals surface area contributed by atoms with Gasteiger partial charge in [0.15, 0.2) is 5.75 Å². The maximum Gasteiger partial charge on any atom is 0.333 e. The molecule has 1 aromatic carbocycles. The normalized spacial score (nSPS) is 11.9. The lowest BCUT2D eigenvalue weighted by molar-refractivity contribution is -0.385. The number of thioether (sulfide) groups is 1. The minimum Gasteiger partial charge on any atom is -0.487 e. The zero-order valence-corrected chi connectivity index (χ0v) is 12.3. The van der Waals surface area contributed by atoms with Crippen LogP contribution in [0.1, 0.15) is 20.3 Å². The predicted molar refractivity (Wildman–Crippen MR) is 80.3 cm³/mol. The number of nitrogens with one attached hydrogen (secondary N) is 1. The highest BCUT2D eigenvalue weighted by Crippen LogP contribution is 2.35. The molecule has 0 bridgehead atoms. The highest BCUT2D eigenvalue weighted by Gasteiger charge is 2.21. The summed E-state index contributed by atoms with van der Waals surface area (Å²) in [6, 6.07) is 5.29. The molecule has 0 aromatic heterocycles. The van der Waals surface area contributed by atoms with Crippen LogP contribution in [0.3, 0.4) is 0 Å². The Labute approximate surface area is 117 Å². The first-order valence-electron chi connectivity index (χ1n) is 6.25. The second-order valence-electron chi connectivity index (χ2n) is 4.17. The average molecular weight is 284 g/mol. The van der Waals surface area contributed by atoms with E-state index in [9.17, 15) is 10.1 Å². The van der Waals surface area contributed by atoms with E-state index >= 15 is 0 Å². The van der Waals surface area contributed by atoms with E-state index in [0.717, 1.165) is 12.2 Å². The van der Waals surface area contributed by atoms with Crippen LogP contribution in [0, 0.1) is 10.1 Å². The Morgan fingerprint density at radius 3 is 2.84 bits per heavy atom. The van der Waals surface area contributed by atoms with Crippen molar-refractivity contribution in [1.29, 1.82) is 0 Å². The standard InChI is InChI=1S/C13H20N2O3S/c1-4-18-12-7-5-6-11(13(12)15(16)17)14-10(2)8-9-19-3/h5-7,10,14H,4,8-9H2,1-3H3. The highest BCUT2D eigenvalue weighted by atomic mass is 32.2. The minimum atomic E-state index is -0.394. The van der Waals surface area contributed by atoms with Crippen molar-refractivity contribution in [1.82, 2.24) is 0 Å². The fourth-order valence-electron chi connectivity index (χ4n) is 1.73. The van der Waals surface area contributed by atoms with Crippen molar-refractivity contribution in [3.8, 4) is 5.75 Å². The monoisotopic (exact) mass is 284 g/mol. The van der Waals surface area contributed by atoms with Crippen molar-refractivity contribution in [3.63, 3.8) is 0 Å². The van der Waals surface area contributed by atoms with E-state index in [4.69, 9.17) is 4.74 Å². The number of nitrogens with zero attached hydrogens (tertiary/aromatic N) is 1. The quantitative estimate of drug-likeness (QED) is 0.584. The van der Waals surface area contributed by atoms with Crippen LogP contribution in [0.15, 0.2) is 18.2 Å². The Morgan fingerprint density at radius 1 is 1.53 bits per heavy atom. The molecule has 5 nitrogen and oxygen atoms in total. The number of anilines is 1. The lowest BCUT2D eigenvalue weighted by atomic mass is 10.2. The van der Waals surface area contributed by atoms with E-state index in [2.05, 4.69) is 5.32 Å². The first-order valence-corrected chi connectivity index (χ1v) is 7.65. The van der Waals surface area contributed by atoms with Crippen LogP contribution in [-0.4, -0.2) is 29.6 Å². The van der Waals surface area contributed by atoms with Crippen LogP contribution in [-0.2, 0) is 0 Å². The van der Waals surface area contributed by atoms with Gasteiger partial charge < -0.3 is 10.1 Å². The Morgan fingerprint density at radius 2 is 2.26 bits per heavy atom. The summed E-state index contributed by atoms with van der Waals surface area (Å²) in [5.41, 5.74) is 0.532. The molecule has 1 unspecified atom stereocenters. The Kier molecular flexibility index (Phi) is 6.49. The van der Waals surface area contributed by atoms with Gasteiger partial charge >= 0.3 is 5.69 Å². The summed E-state index contributed by atoms with van der Waals surface area (Å²) in [7, 11) is 0. The van der Waals surface area contributed by atoms with Crippen molar-refractivity contribution >= 4 is 23.1 Å². The molecule has 0 fully saturated rings. The molecule has 0 heterocycles. The molecular weight excluding hydrogens is 264 g/mol. The van der Waals surface area contributed by atoms with Gasteiger partial charge in [-0.15, -0.1) is 0 Å². The van der Waals surface area contributed by atoms with Gasteiger partial charge in [-0.2, -0.15) is 11.8 Å². The van der Waals surface area contributed by atoms with E-state index in [1.165, 1.54) is 0 Å². The van der Waals surface area contributed by atoms with Crippen molar-refractivity contribution in [2.24, 2.45) is 0 Å². The maximum absolute atomic E-state index is 11.2. The molecule has 0 aliphatic carbocycles.